The summed E-state index contributed by atoms with van der Waals surface area (Å²) in [6.45, 7) is 0. The first-order valence-corrected chi connectivity index (χ1v) is 8.11. The first kappa shape index (κ1) is 16.9. The van der Waals surface area contributed by atoms with E-state index in [4.69, 9.17) is 25.1 Å². The van der Waals surface area contributed by atoms with Gasteiger partial charge < -0.3 is 19.9 Å². The van der Waals surface area contributed by atoms with Crippen LogP contribution in [0.4, 0.5) is 5.69 Å². The van der Waals surface area contributed by atoms with Crippen molar-refractivity contribution in [3.05, 3.63) is 30.3 Å². The van der Waals surface area contributed by atoms with Gasteiger partial charge in [-0.1, -0.05) is 30.3 Å². The van der Waals surface area contributed by atoms with Crippen LogP contribution >= 0.6 is 0 Å². The Bertz CT molecular complexity index is 820. The van der Waals surface area contributed by atoms with E-state index in [1.165, 1.54) is 21.3 Å². The summed E-state index contributed by atoms with van der Waals surface area (Å²) in [4.78, 5) is -0.337. The highest BCUT2D eigenvalue weighted by Gasteiger charge is 2.31. The van der Waals surface area contributed by atoms with Gasteiger partial charge in [0.1, 0.15) is 0 Å². The van der Waals surface area contributed by atoms with Gasteiger partial charge in [0, 0.05) is 0 Å². The van der Waals surface area contributed by atoms with E-state index in [1.807, 2.05) is 6.07 Å². The monoisotopic (exact) mass is 338 g/mol. The summed E-state index contributed by atoms with van der Waals surface area (Å²) in [5, 5.41) is 5.31. The van der Waals surface area contributed by atoms with Gasteiger partial charge in [-0.2, -0.15) is 0 Å². The molecule has 0 aliphatic rings. The zero-order valence-electron chi connectivity index (χ0n) is 13.0. The molecule has 0 aliphatic carbocycles. The Hall–Kier alpha value is -2.45. The van der Waals surface area contributed by atoms with E-state index in [1.54, 1.807) is 24.3 Å². The highest BCUT2D eigenvalue weighted by atomic mass is 32.2. The number of nitrogen functional groups attached to an aromatic ring is 1. The molecule has 0 bridgehead atoms. The van der Waals surface area contributed by atoms with E-state index in [9.17, 15) is 8.42 Å². The topological polar surface area (TPSA) is 114 Å². The number of rotatable bonds is 5. The van der Waals surface area contributed by atoms with Crippen molar-refractivity contribution in [3.8, 4) is 28.4 Å². The molecule has 0 spiro atoms. The van der Waals surface area contributed by atoms with E-state index in [0.29, 0.717) is 11.1 Å². The van der Waals surface area contributed by atoms with Crippen molar-refractivity contribution in [3.63, 3.8) is 0 Å². The molecule has 0 aromatic heterocycles. The lowest BCUT2D eigenvalue weighted by molar-refractivity contribution is 0.320. The van der Waals surface area contributed by atoms with Gasteiger partial charge in [-0.3, -0.25) is 0 Å². The van der Waals surface area contributed by atoms with Crippen LogP contribution in [-0.4, -0.2) is 29.7 Å². The van der Waals surface area contributed by atoms with Crippen molar-refractivity contribution < 1.29 is 22.6 Å². The Labute approximate surface area is 134 Å². The second-order valence-electron chi connectivity index (χ2n) is 4.63. The van der Waals surface area contributed by atoms with Crippen LogP contribution < -0.4 is 25.1 Å². The molecule has 0 fully saturated rings. The fraction of sp³-hybridized carbons (Fsp3) is 0.200. The lowest BCUT2D eigenvalue weighted by Gasteiger charge is -2.21. The summed E-state index contributed by atoms with van der Waals surface area (Å²) in [7, 11) is -0.0470. The Morgan fingerprint density at radius 3 is 1.83 bits per heavy atom. The van der Waals surface area contributed by atoms with Gasteiger partial charge in [0.25, 0.3) is 0 Å². The third-order valence-corrected chi connectivity index (χ3v) is 4.29. The highest BCUT2D eigenvalue weighted by Crippen LogP contribution is 2.52. The smallest absolute Gasteiger partial charge is 0.243 e. The third-order valence-electron chi connectivity index (χ3n) is 3.32. The number of hydrogen-bond donors (Lipinski definition) is 2. The van der Waals surface area contributed by atoms with Gasteiger partial charge in [0.2, 0.25) is 15.8 Å². The average molecular weight is 338 g/mol. The Morgan fingerprint density at radius 2 is 1.39 bits per heavy atom. The largest absolute Gasteiger partial charge is 0.492 e. The number of sulfonamides is 1. The van der Waals surface area contributed by atoms with Crippen molar-refractivity contribution in [2.24, 2.45) is 5.14 Å². The zero-order chi connectivity index (χ0) is 17.2. The minimum Gasteiger partial charge on any atom is -0.492 e. The molecule has 0 unspecified atom stereocenters. The molecule has 7 nitrogen and oxygen atoms in total. The predicted molar refractivity (Wildman–Crippen MR) is 87.3 cm³/mol. The molecular formula is C15H18N2O5S. The Balaban J connectivity index is 3.03. The van der Waals surface area contributed by atoms with E-state index in [-0.39, 0.29) is 27.8 Å². The molecule has 2 aromatic carbocycles. The summed E-state index contributed by atoms with van der Waals surface area (Å²) in [5.74, 6) is 0.275. The lowest BCUT2D eigenvalue weighted by atomic mass is 10.0. The summed E-state index contributed by atoms with van der Waals surface area (Å²) in [6, 6.07) is 8.96. The van der Waals surface area contributed by atoms with E-state index < -0.39 is 10.0 Å². The Morgan fingerprint density at radius 1 is 0.870 bits per heavy atom. The lowest BCUT2D eigenvalue weighted by Crippen LogP contribution is -2.17. The molecular weight excluding hydrogens is 320 g/mol. The standard InChI is InChI=1S/C15H18N2O5S/c1-20-12-10(9-7-5-4-6-8-9)11(16)15(23(17,18)19)14(22-3)13(12)21-2/h4-8H,16H2,1-3H3,(H2,17,18,19). The van der Waals surface area contributed by atoms with Crippen molar-refractivity contribution in [2.45, 2.75) is 4.90 Å². The minimum absolute atomic E-state index is 0.0619. The minimum atomic E-state index is -4.15. The maximum Gasteiger partial charge on any atom is 0.243 e. The van der Waals surface area contributed by atoms with Gasteiger partial charge in [-0.05, 0) is 5.56 Å². The summed E-state index contributed by atoms with van der Waals surface area (Å²) in [6.07, 6.45) is 0. The van der Waals surface area contributed by atoms with Crippen molar-refractivity contribution >= 4 is 15.7 Å². The molecule has 0 heterocycles. The fourth-order valence-corrected chi connectivity index (χ4v) is 3.26. The molecule has 2 rings (SSSR count). The number of methoxy groups -OCH3 is 3. The van der Waals surface area contributed by atoms with Crippen LogP contribution in [0, 0.1) is 0 Å². The van der Waals surface area contributed by atoms with Gasteiger partial charge >= 0.3 is 0 Å². The zero-order valence-corrected chi connectivity index (χ0v) is 13.8. The van der Waals surface area contributed by atoms with Gasteiger partial charge in [-0.15, -0.1) is 0 Å². The molecule has 0 aliphatic heterocycles. The van der Waals surface area contributed by atoms with Crippen molar-refractivity contribution in [1.82, 2.24) is 0 Å². The van der Waals surface area contributed by atoms with Crippen molar-refractivity contribution in [2.75, 3.05) is 27.1 Å². The van der Waals surface area contributed by atoms with Crippen LogP contribution in [0.25, 0.3) is 11.1 Å². The highest BCUT2D eigenvalue weighted by molar-refractivity contribution is 7.89. The van der Waals surface area contributed by atoms with Crippen LogP contribution in [0.1, 0.15) is 0 Å². The van der Waals surface area contributed by atoms with E-state index >= 15 is 0 Å². The van der Waals surface area contributed by atoms with E-state index in [2.05, 4.69) is 0 Å². The molecule has 0 saturated carbocycles. The normalized spacial score (nSPS) is 11.1. The molecule has 0 atom stereocenters. The average Bonchev–Trinajstić information content (AvgIpc) is 2.52. The summed E-state index contributed by atoms with van der Waals surface area (Å²) in [5.41, 5.74) is 7.07. The van der Waals surface area contributed by atoms with Crippen LogP contribution in [0.15, 0.2) is 35.2 Å². The summed E-state index contributed by atoms with van der Waals surface area (Å²) < 4.78 is 39.9. The van der Waals surface area contributed by atoms with Crippen molar-refractivity contribution in [1.29, 1.82) is 0 Å². The molecule has 23 heavy (non-hydrogen) atoms. The fourth-order valence-electron chi connectivity index (χ4n) is 2.42. The number of nitrogens with two attached hydrogens (primary N) is 2. The number of anilines is 1. The second-order valence-corrected chi connectivity index (χ2v) is 6.13. The molecule has 0 radical (unpaired) electrons. The van der Waals surface area contributed by atoms with Gasteiger partial charge in [0.05, 0.1) is 32.6 Å². The predicted octanol–water partition coefficient (Wildman–Crippen LogP) is 1.61. The second kappa shape index (κ2) is 6.35. The first-order chi connectivity index (χ1) is 10.9. The van der Waals surface area contributed by atoms with Gasteiger partial charge in [0.15, 0.2) is 16.4 Å². The number of primary sulfonamides is 1. The first-order valence-electron chi connectivity index (χ1n) is 6.56. The number of benzene rings is 2. The number of hydrogen-bond acceptors (Lipinski definition) is 6. The summed E-state index contributed by atoms with van der Waals surface area (Å²) >= 11 is 0. The molecule has 2 aromatic rings. The molecule has 0 amide bonds. The van der Waals surface area contributed by atoms with Crippen LogP contribution in [0.5, 0.6) is 17.2 Å². The Kier molecular flexibility index (Phi) is 4.67. The van der Waals surface area contributed by atoms with Crippen LogP contribution in [-0.2, 0) is 10.0 Å². The molecule has 4 N–H and O–H groups in total. The molecule has 0 saturated heterocycles. The molecule has 8 heteroatoms. The van der Waals surface area contributed by atoms with Gasteiger partial charge in [-0.25, -0.2) is 13.6 Å². The van der Waals surface area contributed by atoms with Crippen LogP contribution in [0.2, 0.25) is 0 Å². The van der Waals surface area contributed by atoms with E-state index in [0.717, 1.165) is 0 Å². The number of ether oxygens (including phenoxy) is 3. The maximum atomic E-state index is 12.0. The molecule has 124 valence electrons. The maximum absolute atomic E-state index is 12.0. The van der Waals surface area contributed by atoms with Crippen LogP contribution in [0.3, 0.4) is 0 Å². The quantitative estimate of drug-likeness (QED) is 0.801. The third kappa shape index (κ3) is 2.90. The SMILES string of the molecule is COc1c(OC)c(-c2ccccc2)c(N)c(S(N)(=O)=O)c1OC.